The molecule has 1 atom stereocenters. The molecule has 4 nitrogen and oxygen atoms in total. The molecule has 0 unspecified atom stereocenters. The molecule has 2 aromatic heterocycles. The van der Waals surface area contributed by atoms with Gasteiger partial charge in [-0.15, -0.1) is 11.3 Å². The molecular weight excluding hydrogens is 236 g/mol. The maximum Gasteiger partial charge on any atom is 0.273 e. The van der Waals surface area contributed by atoms with Crippen molar-refractivity contribution in [2.45, 2.75) is 26.8 Å². The summed E-state index contributed by atoms with van der Waals surface area (Å²) in [5.74, 6) is -0.213. The molecule has 5 heteroatoms. The van der Waals surface area contributed by atoms with Gasteiger partial charge in [0, 0.05) is 15.8 Å². The molecular formula is C12H14N2O2S. The van der Waals surface area contributed by atoms with Crippen molar-refractivity contribution in [3.63, 3.8) is 0 Å². The Balaban J connectivity index is 2.09. The van der Waals surface area contributed by atoms with Crippen molar-refractivity contribution in [2.24, 2.45) is 0 Å². The van der Waals surface area contributed by atoms with Crippen molar-refractivity contribution < 1.29 is 9.32 Å². The maximum atomic E-state index is 11.8. The van der Waals surface area contributed by atoms with Gasteiger partial charge in [0.05, 0.1) is 6.04 Å². The van der Waals surface area contributed by atoms with Gasteiger partial charge in [-0.2, -0.15) is 0 Å². The summed E-state index contributed by atoms with van der Waals surface area (Å²) in [7, 11) is 0. The van der Waals surface area contributed by atoms with Crippen LogP contribution < -0.4 is 5.32 Å². The first kappa shape index (κ1) is 11.9. The van der Waals surface area contributed by atoms with Crippen LogP contribution in [0.3, 0.4) is 0 Å². The van der Waals surface area contributed by atoms with E-state index >= 15 is 0 Å². The van der Waals surface area contributed by atoms with Gasteiger partial charge < -0.3 is 9.84 Å². The van der Waals surface area contributed by atoms with Crippen LogP contribution in [0.2, 0.25) is 0 Å². The van der Waals surface area contributed by atoms with Crippen molar-refractivity contribution in [3.05, 3.63) is 39.4 Å². The van der Waals surface area contributed by atoms with E-state index in [0.29, 0.717) is 5.69 Å². The summed E-state index contributed by atoms with van der Waals surface area (Å²) >= 11 is 1.74. The van der Waals surface area contributed by atoms with E-state index in [4.69, 9.17) is 0 Å². The number of aromatic nitrogens is 1. The van der Waals surface area contributed by atoms with Crippen LogP contribution in [0, 0.1) is 13.8 Å². The maximum absolute atomic E-state index is 11.8. The first-order valence-corrected chi connectivity index (χ1v) is 6.17. The van der Waals surface area contributed by atoms with Crippen LogP contribution in [-0.4, -0.2) is 11.1 Å². The Bertz CT molecular complexity index is 517. The zero-order valence-corrected chi connectivity index (χ0v) is 10.8. The Morgan fingerprint density at radius 2 is 2.29 bits per heavy atom. The number of aryl methyl sites for hydroxylation is 2. The van der Waals surface area contributed by atoms with Gasteiger partial charge in [0.2, 0.25) is 0 Å². The van der Waals surface area contributed by atoms with E-state index in [1.165, 1.54) is 16.0 Å². The molecule has 17 heavy (non-hydrogen) atoms. The highest BCUT2D eigenvalue weighted by Gasteiger charge is 2.16. The summed E-state index contributed by atoms with van der Waals surface area (Å²) in [6, 6.07) is 3.63. The molecule has 1 amide bonds. The minimum Gasteiger partial charge on any atom is -0.364 e. The number of carbonyl (C=O) groups is 1. The second-order valence-corrected chi connectivity index (χ2v) is 5.41. The van der Waals surface area contributed by atoms with Crippen LogP contribution in [0.5, 0.6) is 0 Å². The molecule has 2 heterocycles. The number of thiophene rings is 1. The fourth-order valence-electron chi connectivity index (χ4n) is 1.76. The van der Waals surface area contributed by atoms with Crippen molar-refractivity contribution >= 4 is 17.2 Å². The molecule has 0 aliphatic rings. The molecule has 0 radical (unpaired) electrons. The molecule has 0 saturated carbocycles. The second kappa shape index (κ2) is 4.71. The lowest BCUT2D eigenvalue weighted by Crippen LogP contribution is -2.26. The Hall–Kier alpha value is -1.62. The normalized spacial score (nSPS) is 12.4. The standard InChI is InChI=1S/C12H14N2O2S/c1-7-6-10(9(3)17-7)8(2)13-12(15)11-4-5-16-14-11/h4-6,8H,1-3H3,(H,13,15)/t8-/m0/s1. The highest BCUT2D eigenvalue weighted by Crippen LogP contribution is 2.26. The summed E-state index contributed by atoms with van der Waals surface area (Å²) in [5, 5.41) is 6.50. The van der Waals surface area contributed by atoms with Crippen LogP contribution in [0.15, 0.2) is 22.9 Å². The summed E-state index contributed by atoms with van der Waals surface area (Å²) in [5.41, 5.74) is 1.46. The summed E-state index contributed by atoms with van der Waals surface area (Å²) in [6.45, 7) is 6.09. The van der Waals surface area contributed by atoms with Gasteiger partial charge >= 0.3 is 0 Å². The lowest BCUT2D eigenvalue weighted by atomic mass is 10.1. The van der Waals surface area contributed by atoms with E-state index in [1.807, 2.05) is 6.92 Å². The van der Waals surface area contributed by atoms with Gasteiger partial charge in [-0.25, -0.2) is 0 Å². The Labute approximate surface area is 104 Å². The second-order valence-electron chi connectivity index (χ2n) is 3.95. The van der Waals surface area contributed by atoms with Gasteiger partial charge in [0.15, 0.2) is 5.69 Å². The van der Waals surface area contributed by atoms with Gasteiger partial charge in [-0.05, 0) is 32.4 Å². The lowest BCUT2D eigenvalue weighted by molar-refractivity contribution is 0.0930. The number of amides is 1. The van der Waals surface area contributed by atoms with Crippen molar-refractivity contribution in [1.82, 2.24) is 10.5 Å². The van der Waals surface area contributed by atoms with Gasteiger partial charge in [0.1, 0.15) is 6.26 Å². The third-order valence-corrected chi connectivity index (χ3v) is 3.55. The van der Waals surface area contributed by atoms with Crippen LogP contribution in [-0.2, 0) is 0 Å². The molecule has 0 aliphatic carbocycles. The molecule has 90 valence electrons. The van der Waals surface area contributed by atoms with Gasteiger partial charge in [-0.3, -0.25) is 4.79 Å². The third-order valence-electron chi connectivity index (χ3n) is 2.56. The fraction of sp³-hybridized carbons (Fsp3) is 0.333. The number of nitrogens with one attached hydrogen (secondary N) is 1. The molecule has 0 aromatic carbocycles. The molecule has 2 aromatic rings. The highest BCUT2D eigenvalue weighted by molar-refractivity contribution is 7.12. The fourth-order valence-corrected chi connectivity index (χ4v) is 2.78. The van der Waals surface area contributed by atoms with Crippen LogP contribution in [0.4, 0.5) is 0 Å². The number of carbonyl (C=O) groups excluding carboxylic acids is 1. The minimum atomic E-state index is -0.213. The van der Waals surface area contributed by atoms with Crippen LogP contribution in [0.25, 0.3) is 0 Å². The Kier molecular flexibility index (Phi) is 3.28. The number of hydrogen-bond donors (Lipinski definition) is 1. The molecule has 0 aliphatic heterocycles. The Morgan fingerprint density at radius 1 is 1.53 bits per heavy atom. The van der Waals surface area contributed by atoms with Crippen molar-refractivity contribution in [1.29, 1.82) is 0 Å². The average molecular weight is 250 g/mol. The largest absolute Gasteiger partial charge is 0.364 e. The molecule has 0 bridgehead atoms. The Morgan fingerprint density at radius 3 is 2.82 bits per heavy atom. The molecule has 0 saturated heterocycles. The summed E-state index contributed by atoms with van der Waals surface area (Å²) in [6.07, 6.45) is 1.39. The molecule has 0 fully saturated rings. The van der Waals surface area contributed by atoms with E-state index in [1.54, 1.807) is 17.4 Å². The van der Waals surface area contributed by atoms with E-state index in [9.17, 15) is 4.79 Å². The quantitative estimate of drug-likeness (QED) is 0.911. The van der Waals surface area contributed by atoms with Crippen molar-refractivity contribution in [3.8, 4) is 0 Å². The smallest absolute Gasteiger partial charge is 0.273 e. The van der Waals surface area contributed by atoms with E-state index in [2.05, 4.69) is 34.9 Å². The number of hydrogen-bond acceptors (Lipinski definition) is 4. The van der Waals surface area contributed by atoms with Gasteiger partial charge in [0.25, 0.3) is 5.91 Å². The zero-order valence-electron chi connectivity index (χ0n) is 9.98. The molecule has 0 spiro atoms. The first-order chi connectivity index (χ1) is 8.08. The topological polar surface area (TPSA) is 55.1 Å². The first-order valence-electron chi connectivity index (χ1n) is 5.36. The highest BCUT2D eigenvalue weighted by atomic mass is 32.1. The lowest BCUT2D eigenvalue weighted by Gasteiger charge is -2.12. The van der Waals surface area contributed by atoms with E-state index in [-0.39, 0.29) is 11.9 Å². The van der Waals surface area contributed by atoms with Crippen LogP contribution >= 0.6 is 11.3 Å². The predicted molar refractivity (Wildman–Crippen MR) is 66.2 cm³/mol. The summed E-state index contributed by atoms with van der Waals surface area (Å²) < 4.78 is 4.64. The minimum absolute atomic E-state index is 0.0239. The van der Waals surface area contributed by atoms with E-state index < -0.39 is 0 Å². The predicted octanol–water partition coefficient (Wildman–Crippen LogP) is 2.84. The number of rotatable bonds is 3. The van der Waals surface area contributed by atoms with E-state index in [0.717, 1.165) is 5.56 Å². The molecule has 1 N–H and O–H groups in total. The van der Waals surface area contributed by atoms with Crippen molar-refractivity contribution in [2.75, 3.05) is 0 Å². The number of nitrogens with zero attached hydrogens (tertiary/aromatic N) is 1. The zero-order chi connectivity index (χ0) is 12.4. The summed E-state index contributed by atoms with van der Waals surface area (Å²) in [4.78, 5) is 14.3. The SMILES string of the molecule is Cc1cc([C@H](C)NC(=O)c2ccon2)c(C)s1. The monoisotopic (exact) mass is 250 g/mol. The molecule has 2 rings (SSSR count). The van der Waals surface area contributed by atoms with Gasteiger partial charge in [-0.1, -0.05) is 5.16 Å². The van der Waals surface area contributed by atoms with Crippen LogP contribution in [0.1, 0.15) is 38.8 Å². The average Bonchev–Trinajstić information content (AvgIpc) is 2.87. The third kappa shape index (κ3) is 2.55.